The number of rotatable bonds is 13. The van der Waals surface area contributed by atoms with Gasteiger partial charge in [0.1, 0.15) is 0 Å². The van der Waals surface area contributed by atoms with Gasteiger partial charge in [-0.25, -0.2) is 0 Å². The van der Waals surface area contributed by atoms with E-state index in [0.29, 0.717) is 5.92 Å². The SMILES string of the molecule is CCC(C)c1ccc(N(c2ccc(CCCCCC3CC4C=CC3C4)cc2)c2ccc(C(C)(C)CC)cc2)cc1. The molecule has 1 heteroatoms. The van der Waals surface area contributed by atoms with E-state index >= 15 is 0 Å². The van der Waals surface area contributed by atoms with Crippen LogP contribution in [0.15, 0.2) is 84.9 Å². The fourth-order valence-corrected chi connectivity index (χ4v) is 6.85. The first-order chi connectivity index (χ1) is 19.4. The summed E-state index contributed by atoms with van der Waals surface area (Å²) >= 11 is 0. The molecule has 0 amide bonds. The number of nitrogens with zero attached hydrogens (tertiary/aromatic N) is 1. The average Bonchev–Trinajstić information content (AvgIpc) is 3.62. The number of hydrogen-bond acceptors (Lipinski definition) is 1. The van der Waals surface area contributed by atoms with Crippen LogP contribution in [0.2, 0.25) is 0 Å². The van der Waals surface area contributed by atoms with Crippen molar-refractivity contribution in [2.45, 2.75) is 104 Å². The van der Waals surface area contributed by atoms with Gasteiger partial charge in [-0.3, -0.25) is 0 Å². The van der Waals surface area contributed by atoms with Gasteiger partial charge in [0.2, 0.25) is 0 Å². The number of unbranched alkanes of at least 4 members (excludes halogenated alkanes) is 2. The van der Waals surface area contributed by atoms with Crippen LogP contribution >= 0.6 is 0 Å². The van der Waals surface area contributed by atoms with Crippen LogP contribution in [0.25, 0.3) is 0 Å². The first-order valence-electron chi connectivity index (χ1n) is 16.2. The van der Waals surface area contributed by atoms with E-state index in [0.717, 1.165) is 30.6 Å². The average molecular weight is 534 g/mol. The van der Waals surface area contributed by atoms with Gasteiger partial charge in [-0.05, 0) is 127 Å². The van der Waals surface area contributed by atoms with Gasteiger partial charge >= 0.3 is 0 Å². The first-order valence-corrected chi connectivity index (χ1v) is 16.2. The van der Waals surface area contributed by atoms with Gasteiger partial charge in [-0.2, -0.15) is 0 Å². The maximum absolute atomic E-state index is 2.50. The third-order valence-corrected chi connectivity index (χ3v) is 10.3. The molecule has 0 N–H and O–H groups in total. The molecule has 1 fully saturated rings. The highest BCUT2D eigenvalue weighted by Crippen LogP contribution is 2.45. The minimum absolute atomic E-state index is 0.191. The molecule has 0 aliphatic heterocycles. The second kappa shape index (κ2) is 12.8. The Hall–Kier alpha value is -2.80. The number of benzene rings is 3. The van der Waals surface area contributed by atoms with Crippen molar-refractivity contribution in [3.05, 3.63) is 102 Å². The molecule has 0 radical (unpaired) electrons. The number of fused-ring (bicyclic) bond motifs is 2. The van der Waals surface area contributed by atoms with Crippen LogP contribution in [0.5, 0.6) is 0 Å². The van der Waals surface area contributed by atoms with Gasteiger partial charge in [0.05, 0.1) is 0 Å². The van der Waals surface area contributed by atoms with Gasteiger partial charge in [-0.15, -0.1) is 0 Å². The molecule has 2 bridgehead atoms. The largest absolute Gasteiger partial charge is 0.311 e. The fraction of sp³-hybridized carbons (Fsp3) is 0.487. The summed E-state index contributed by atoms with van der Waals surface area (Å²) in [5.41, 5.74) is 8.13. The number of aryl methyl sites for hydroxylation is 1. The molecule has 0 saturated heterocycles. The summed E-state index contributed by atoms with van der Waals surface area (Å²) in [5, 5.41) is 0. The monoisotopic (exact) mass is 533 g/mol. The molecule has 0 heterocycles. The second-order valence-electron chi connectivity index (χ2n) is 13.3. The molecule has 0 spiro atoms. The zero-order valence-electron chi connectivity index (χ0n) is 25.7. The van der Waals surface area contributed by atoms with Crippen LogP contribution in [0.1, 0.15) is 109 Å². The van der Waals surface area contributed by atoms with E-state index in [9.17, 15) is 0 Å². The van der Waals surface area contributed by atoms with Gasteiger partial charge < -0.3 is 4.90 Å². The Morgan fingerprint density at radius 2 is 1.38 bits per heavy atom. The van der Waals surface area contributed by atoms with Crippen molar-refractivity contribution in [1.82, 2.24) is 0 Å². The third kappa shape index (κ3) is 6.56. The predicted molar refractivity (Wildman–Crippen MR) is 174 cm³/mol. The standard InChI is InChI=1S/C39H51N/c1-6-29(3)32-17-23-37(24-18-32)40(38-25-19-35(20-26-38)39(4,5)7-2)36-21-14-30(15-22-36)11-9-8-10-12-33-27-31-13-16-34(33)28-31/h13-26,29,31,33-34H,6-12,27-28H2,1-5H3. The molecule has 1 nitrogen and oxygen atoms in total. The van der Waals surface area contributed by atoms with E-state index < -0.39 is 0 Å². The Balaban J connectivity index is 1.27. The number of allylic oxidation sites excluding steroid dienone is 2. The molecule has 212 valence electrons. The van der Waals surface area contributed by atoms with E-state index in [1.165, 1.54) is 78.7 Å². The van der Waals surface area contributed by atoms with Crippen LogP contribution in [0.3, 0.4) is 0 Å². The zero-order chi connectivity index (χ0) is 28.1. The summed E-state index contributed by atoms with van der Waals surface area (Å²) in [7, 11) is 0. The maximum atomic E-state index is 2.50. The van der Waals surface area contributed by atoms with Crippen molar-refractivity contribution < 1.29 is 0 Å². The van der Waals surface area contributed by atoms with Gasteiger partial charge in [0.15, 0.2) is 0 Å². The molecule has 1 saturated carbocycles. The highest BCUT2D eigenvalue weighted by atomic mass is 15.1. The predicted octanol–water partition coefficient (Wildman–Crippen LogP) is 11.7. The lowest BCUT2D eigenvalue weighted by atomic mass is 9.82. The molecule has 3 aromatic rings. The number of anilines is 3. The topological polar surface area (TPSA) is 3.24 Å². The van der Waals surface area contributed by atoms with E-state index in [-0.39, 0.29) is 5.41 Å². The summed E-state index contributed by atoms with van der Waals surface area (Å²) in [5.74, 6) is 3.37. The van der Waals surface area contributed by atoms with Crippen LogP contribution < -0.4 is 4.90 Å². The highest BCUT2D eigenvalue weighted by molar-refractivity contribution is 5.76. The summed E-state index contributed by atoms with van der Waals surface area (Å²) in [4.78, 5) is 2.41. The minimum atomic E-state index is 0.191. The van der Waals surface area contributed by atoms with E-state index in [2.05, 4.69) is 124 Å². The fourth-order valence-electron chi connectivity index (χ4n) is 6.85. The Bertz CT molecular complexity index is 1230. The summed E-state index contributed by atoms with van der Waals surface area (Å²) in [6, 6.07) is 27.8. The quantitative estimate of drug-likeness (QED) is 0.156. The summed E-state index contributed by atoms with van der Waals surface area (Å²) in [6.07, 6.45) is 16.8. The van der Waals surface area contributed by atoms with E-state index in [1.807, 2.05) is 0 Å². The van der Waals surface area contributed by atoms with Crippen LogP contribution in [-0.4, -0.2) is 0 Å². The normalized spacial score (nSPS) is 20.7. The Kier molecular flexibility index (Phi) is 9.19. The molecule has 2 aliphatic rings. The highest BCUT2D eigenvalue weighted by Gasteiger charge is 2.34. The van der Waals surface area contributed by atoms with E-state index in [4.69, 9.17) is 0 Å². The van der Waals surface area contributed by atoms with Gasteiger partial charge in [0, 0.05) is 17.1 Å². The zero-order valence-corrected chi connectivity index (χ0v) is 25.7. The molecular weight excluding hydrogens is 482 g/mol. The van der Waals surface area contributed by atoms with Crippen molar-refractivity contribution in [3.63, 3.8) is 0 Å². The molecule has 3 aromatic carbocycles. The van der Waals surface area contributed by atoms with Crippen LogP contribution in [-0.2, 0) is 11.8 Å². The lowest BCUT2D eigenvalue weighted by Crippen LogP contribution is -2.16. The summed E-state index contributed by atoms with van der Waals surface area (Å²) in [6.45, 7) is 11.5. The maximum Gasteiger partial charge on any atom is 0.0461 e. The molecule has 0 aromatic heterocycles. The van der Waals surface area contributed by atoms with Crippen molar-refractivity contribution in [1.29, 1.82) is 0 Å². The van der Waals surface area contributed by atoms with Crippen molar-refractivity contribution in [3.8, 4) is 0 Å². The molecule has 2 aliphatic carbocycles. The number of hydrogen-bond donors (Lipinski definition) is 0. The third-order valence-electron chi connectivity index (χ3n) is 10.3. The lowest BCUT2D eigenvalue weighted by Gasteiger charge is -2.28. The van der Waals surface area contributed by atoms with Crippen molar-refractivity contribution in [2.75, 3.05) is 4.90 Å². The Morgan fingerprint density at radius 3 is 1.93 bits per heavy atom. The summed E-state index contributed by atoms with van der Waals surface area (Å²) < 4.78 is 0. The first kappa shape index (κ1) is 28.7. The molecule has 4 atom stereocenters. The molecule has 40 heavy (non-hydrogen) atoms. The molecule has 4 unspecified atom stereocenters. The molecular formula is C39H51N. The van der Waals surface area contributed by atoms with Crippen molar-refractivity contribution in [2.24, 2.45) is 17.8 Å². The van der Waals surface area contributed by atoms with Crippen molar-refractivity contribution >= 4 is 17.1 Å². The van der Waals surface area contributed by atoms with Crippen LogP contribution in [0, 0.1) is 17.8 Å². The Labute approximate surface area is 244 Å². The van der Waals surface area contributed by atoms with Crippen LogP contribution in [0.4, 0.5) is 17.1 Å². The Morgan fingerprint density at radius 1 is 0.750 bits per heavy atom. The smallest absolute Gasteiger partial charge is 0.0461 e. The molecule has 5 rings (SSSR count). The minimum Gasteiger partial charge on any atom is -0.311 e. The van der Waals surface area contributed by atoms with E-state index in [1.54, 1.807) is 0 Å². The lowest BCUT2D eigenvalue weighted by molar-refractivity contribution is 0.396. The van der Waals surface area contributed by atoms with Gasteiger partial charge in [0.25, 0.3) is 0 Å². The second-order valence-corrected chi connectivity index (χ2v) is 13.3. The van der Waals surface area contributed by atoms with Gasteiger partial charge in [-0.1, -0.05) is 96.0 Å².